The van der Waals surface area contributed by atoms with Gasteiger partial charge in [-0.2, -0.15) is 0 Å². The van der Waals surface area contributed by atoms with Gasteiger partial charge in [0.15, 0.2) is 11.5 Å². The lowest BCUT2D eigenvalue weighted by atomic mass is 10.1. The Bertz CT molecular complexity index is 507. The van der Waals surface area contributed by atoms with Crippen molar-refractivity contribution >= 4 is 27.5 Å². The highest BCUT2D eigenvalue weighted by atomic mass is 32.1. The molecule has 3 rings (SSSR count). The number of aromatic nitrogens is 3. The molecular formula is C10H12N4S. The van der Waals surface area contributed by atoms with E-state index in [0.717, 1.165) is 28.5 Å². The first-order valence-corrected chi connectivity index (χ1v) is 5.98. The molecule has 15 heavy (non-hydrogen) atoms. The quantitative estimate of drug-likeness (QED) is 0.737. The lowest BCUT2D eigenvalue weighted by Gasteiger charge is -2.39. The zero-order valence-electron chi connectivity index (χ0n) is 8.77. The summed E-state index contributed by atoms with van der Waals surface area (Å²) in [7, 11) is 0. The summed E-state index contributed by atoms with van der Waals surface area (Å²) in [5.41, 5.74) is 2.67. The van der Waals surface area contributed by atoms with Gasteiger partial charge in [0.05, 0.1) is 5.51 Å². The number of thiazole rings is 1. The van der Waals surface area contributed by atoms with Crippen molar-refractivity contribution in [2.45, 2.75) is 26.3 Å². The Balaban J connectivity index is 2.19. The topological polar surface area (TPSA) is 41.9 Å². The predicted octanol–water partition coefficient (Wildman–Crippen LogP) is 1.99. The standard InChI is InChI=1S/C10H12N4S/c1-6-3-4-14(6)10-8-9(11-5-15-8)12-7(2)13-10/h5-6H,3-4H2,1-2H3/t6-/m0/s1. The van der Waals surface area contributed by atoms with Crippen LogP contribution >= 0.6 is 11.3 Å². The minimum Gasteiger partial charge on any atom is -0.352 e. The Morgan fingerprint density at radius 1 is 1.47 bits per heavy atom. The second kappa shape index (κ2) is 3.13. The normalized spacial score (nSPS) is 20.7. The van der Waals surface area contributed by atoms with Crippen LogP contribution in [0.4, 0.5) is 5.82 Å². The van der Waals surface area contributed by atoms with E-state index in [9.17, 15) is 0 Å². The van der Waals surface area contributed by atoms with Gasteiger partial charge in [-0.25, -0.2) is 15.0 Å². The van der Waals surface area contributed by atoms with Crippen molar-refractivity contribution in [1.29, 1.82) is 0 Å². The van der Waals surface area contributed by atoms with Crippen molar-refractivity contribution in [1.82, 2.24) is 15.0 Å². The Kier molecular flexibility index (Phi) is 1.88. The smallest absolute Gasteiger partial charge is 0.175 e. The molecule has 2 aromatic rings. The third kappa shape index (κ3) is 1.30. The molecule has 1 saturated heterocycles. The van der Waals surface area contributed by atoms with Crippen LogP contribution in [0.25, 0.3) is 10.3 Å². The molecule has 0 aliphatic carbocycles. The molecule has 1 aliphatic heterocycles. The van der Waals surface area contributed by atoms with Crippen molar-refractivity contribution in [3.05, 3.63) is 11.3 Å². The highest BCUT2D eigenvalue weighted by molar-refractivity contribution is 7.17. The van der Waals surface area contributed by atoms with Gasteiger partial charge in [-0.05, 0) is 20.3 Å². The van der Waals surface area contributed by atoms with Crippen LogP contribution in [-0.4, -0.2) is 27.5 Å². The molecule has 5 heteroatoms. The lowest BCUT2D eigenvalue weighted by Crippen LogP contribution is -2.46. The summed E-state index contributed by atoms with van der Waals surface area (Å²) >= 11 is 1.62. The van der Waals surface area contributed by atoms with Crippen LogP contribution in [0.2, 0.25) is 0 Å². The molecule has 0 saturated carbocycles. The Hall–Kier alpha value is -1.23. The number of rotatable bonds is 1. The summed E-state index contributed by atoms with van der Waals surface area (Å²) in [4.78, 5) is 15.4. The van der Waals surface area contributed by atoms with Crippen molar-refractivity contribution in [3.8, 4) is 0 Å². The maximum Gasteiger partial charge on any atom is 0.175 e. The minimum atomic E-state index is 0.601. The van der Waals surface area contributed by atoms with E-state index in [1.807, 2.05) is 12.4 Å². The Labute approximate surface area is 92.0 Å². The van der Waals surface area contributed by atoms with E-state index in [1.54, 1.807) is 11.3 Å². The maximum absolute atomic E-state index is 4.53. The van der Waals surface area contributed by atoms with Gasteiger partial charge >= 0.3 is 0 Å². The summed E-state index contributed by atoms with van der Waals surface area (Å²) in [5.74, 6) is 1.88. The molecule has 78 valence electrons. The maximum atomic E-state index is 4.53. The number of nitrogens with zero attached hydrogens (tertiary/aromatic N) is 4. The minimum absolute atomic E-state index is 0.601. The molecule has 0 aromatic carbocycles. The van der Waals surface area contributed by atoms with E-state index in [4.69, 9.17) is 0 Å². The second-order valence-corrected chi connectivity index (χ2v) is 4.79. The van der Waals surface area contributed by atoms with E-state index in [1.165, 1.54) is 6.42 Å². The van der Waals surface area contributed by atoms with Gasteiger partial charge in [0.2, 0.25) is 0 Å². The molecule has 0 amide bonds. The van der Waals surface area contributed by atoms with E-state index in [0.29, 0.717) is 6.04 Å². The number of hydrogen-bond donors (Lipinski definition) is 0. The van der Waals surface area contributed by atoms with Crippen molar-refractivity contribution < 1.29 is 0 Å². The zero-order chi connectivity index (χ0) is 10.4. The van der Waals surface area contributed by atoms with Gasteiger partial charge in [0.25, 0.3) is 0 Å². The summed E-state index contributed by atoms with van der Waals surface area (Å²) < 4.78 is 1.12. The van der Waals surface area contributed by atoms with Gasteiger partial charge in [0.1, 0.15) is 10.5 Å². The SMILES string of the molecule is Cc1nc(N2CC[C@@H]2C)c2scnc2n1. The first-order valence-electron chi connectivity index (χ1n) is 5.10. The van der Waals surface area contributed by atoms with E-state index in [-0.39, 0.29) is 0 Å². The number of aryl methyl sites for hydroxylation is 1. The fraction of sp³-hybridized carbons (Fsp3) is 0.500. The monoisotopic (exact) mass is 220 g/mol. The summed E-state index contributed by atoms with van der Waals surface area (Å²) in [6.45, 7) is 5.26. The van der Waals surface area contributed by atoms with E-state index in [2.05, 4.69) is 26.8 Å². The Morgan fingerprint density at radius 2 is 2.33 bits per heavy atom. The molecule has 1 fully saturated rings. The highest BCUT2D eigenvalue weighted by Gasteiger charge is 2.27. The van der Waals surface area contributed by atoms with Gasteiger partial charge in [0, 0.05) is 12.6 Å². The van der Waals surface area contributed by atoms with Gasteiger partial charge < -0.3 is 4.90 Å². The molecule has 0 radical (unpaired) electrons. The largest absolute Gasteiger partial charge is 0.352 e. The Morgan fingerprint density at radius 3 is 3.00 bits per heavy atom. The fourth-order valence-corrected chi connectivity index (χ4v) is 2.61. The summed E-state index contributed by atoms with van der Waals surface area (Å²) in [6, 6.07) is 0.601. The summed E-state index contributed by atoms with van der Waals surface area (Å²) in [5, 5.41) is 0. The average Bonchev–Trinajstić information content (AvgIpc) is 2.63. The third-order valence-corrected chi connectivity index (χ3v) is 3.69. The van der Waals surface area contributed by atoms with Gasteiger partial charge in [-0.15, -0.1) is 11.3 Å². The summed E-state index contributed by atoms with van der Waals surface area (Å²) in [6.07, 6.45) is 1.25. The van der Waals surface area contributed by atoms with Crippen LogP contribution in [0.3, 0.4) is 0 Å². The molecule has 3 heterocycles. The lowest BCUT2D eigenvalue weighted by molar-refractivity contribution is 0.477. The molecular weight excluding hydrogens is 208 g/mol. The molecule has 0 N–H and O–H groups in total. The highest BCUT2D eigenvalue weighted by Crippen LogP contribution is 2.32. The van der Waals surface area contributed by atoms with Crippen LogP contribution in [0.1, 0.15) is 19.2 Å². The van der Waals surface area contributed by atoms with Crippen molar-refractivity contribution in [3.63, 3.8) is 0 Å². The molecule has 1 atom stereocenters. The van der Waals surface area contributed by atoms with Gasteiger partial charge in [-0.1, -0.05) is 0 Å². The van der Waals surface area contributed by atoms with Crippen LogP contribution < -0.4 is 4.90 Å². The van der Waals surface area contributed by atoms with Crippen molar-refractivity contribution in [2.24, 2.45) is 0 Å². The molecule has 0 spiro atoms. The fourth-order valence-electron chi connectivity index (χ4n) is 1.88. The molecule has 2 aromatic heterocycles. The number of hydrogen-bond acceptors (Lipinski definition) is 5. The third-order valence-electron chi connectivity index (χ3n) is 2.88. The van der Waals surface area contributed by atoms with Crippen LogP contribution in [0.5, 0.6) is 0 Å². The van der Waals surface area contributed by atoms with E-state index < -0.39 is 0 Å². The van der Waals surface area contributed by atoms with Gasteiger partial charge in [-0.3, -0.25) is 0 Å². The number of anilines is 1. The second-order valence-electron chi connectivity index (χ2n) is 3.93. The molecule has 1 aliphatic rings. The molecule has 4 nitrogen and oxygen atoms in total. The van der Waals surface area contributed by atoms with Crippen LogP contribution in [-0.2, 0) is 0 Å². The van der Waals surface area contributed by atoms with E-state index >= 15 is 0 Å². The zero-order valence-corrected chi connectivity index (χ0v) is 9.58. The van der Waals surface area contributed by atoms with Crippen LogP contribution in [0.15, 0.2) is 5.51 Å². The predicted molar refractivity (Wildman–Crippen MR) is 61.4 cm³/mol. The van der Waals surface area contributed by atoms with Crippen molar-refractivity contribution in [2.75, 3.05) is 11.4 Å². The average molecular weight is 220 g/mol. The number of fused-ring (bicyclic) bond motifs is 1. The molecule has 0 unspecified atom stereocenters. The first kappa shape index (κ1) is 9.03. The first-order chi connectivity index (χ1) is 7.25. The molecule has 0 bridgehead atoms. The van der Waals surface area contributed by atoms with Crippen LogP contribution in [0, 0.1) is 6.92 Å².